The van der Waals surface area contributed by atoms with Gasteiger partial charge in [-0.3, -0.25) is 9.38 Å². The predicted octanol–water partition coefficient (Wildman–Crippen LogP) is 3.30. The molecular weight excluding hydrogens is 370 g/mol. The van der Waals surface area contributed by atoms with Crippen molar-refractivity contribution in [3.63, 3.8) is 0 Å². The first-order valence-corrected chi connectivity index (χ1v) is 7.96. The van der Waals surface area contributed by atoms with Crippen molar-refractivity contribution >= 4 is 5.65 Å². The third-order valence-corrected chi connectivity index (χ3v) is 3.57. The molecule has 0 aromatic carbocycles. The monoisotopic (exact) mass is 385 g/mol. The van der Waals surface area contributed by atoms with Crippen molar-refractivity contribution in [2.24, 2.45) is 0 Å². The van der Waals surface area contributed by atoms with Gasteiger partial charge in [0.2, 0.25) is 11.7 Å². The lowest BCUT2D eigenvalue weighted by molar-refractivity contribution is -0.251. The number of fused-ring (bicyclic) bond motifs is 1. The molecule has 0 amide bonds. The topological polar surface area (TPSA) is 74.4 Å². The first-order valence-electron chi connectivity index (χ1n) is 7.96. The van der Waals surface area contributed by atoms with Gasteiger partial charge in [-0.15, -0.1) is 10.2 Å². The molecule has 0 spiro atoms. The third-order valence-electron chi connectivity index (χ3n) is 3.57. The summed E-state index contributed by atoms with van der Waals surface area (Å²) in [6, 6.07) is 2.92. The molecule has 3 heterocycles. The van der Waals surface area contributed by atoms with Gasteiger partial charge in [0.25, 0.3) is 6.43 Å². The predicted molar refractivity (Wildman–Crippen MR) is 85.6 cm³/mol. The van der Waals surface area contributed by atoms with E-state index in [1.807, 2.05) is 0 Å². The van der Waals surface area contributed by atoms with Crippen molar-refractivity contribution in [1.82, 2.24) is 24.6 Å². The Labute approximate surface area is 151 Å². The SMILES string of the molecule is CCOC(F)(F)c1nnc2cnc(-c3ccc(OC(C)C(F)F)nc3)cn12. The van der Waals surface area contributed by atoms with Gasteiger partial charge in [-0.1, -0.05) is 0 Å². The van der Waals surface area contributed by atoms with Crippen molar-refractivity contribution in [2.45, 2.75) is 32.5 Å². The van der Waals surface area contributed by atoms with E-state index >= 15 is 0 Å². The molecule has 27 heavy (non-hydrogen) atoms. The summed E-state index contributed by atoms with van der Waals surface area (Å²) in [7, 11) is 0. The quantitative estimate of drug-likeness (QED) is 0.581. The molecule has 0 aliphatic carbocycles. The number of alkyl halides is 4. The third kappa shape index (κ3) is 3.97. The number of hydrogen-bond acceptors (Lipinski definition) is 6. The number of hydrogen-bond donors (Lipinski definition) is 0. The minimum absolute atomic E-state index is 0.0143. The Morgan fingerprint density at radius 1 is 1.15 bits per heavy atom. The first-order chi connectivity index (χ1) is 12.8. The highest BCUT2D eigenvalue weighted by molar-refractivity contribution is 5.59. The lowest BCUT2D eigenvalue weighted by Gasteiger charge is -2.14. The van der Waals surface area contributed by atoms with Crippen LogP contribution in [0.4, 0.5) is 17.6 Å². The Morgan fingerprint density at radius 3 is 2.56 bits per heavy atom. The molecular formula is C16H15F4N5O2. The molecule has 0 aliphatic heterocycles. The van der Waals surface area contributed by atoms with Crippen LogP contribution in [0.25, 0.3) is 16.9 Å². The summed E-state index contributed by atoms with van der Waals surface area (Å²) in [6.07, 6.45) is -3.64. The summed E-state index contributed by atoms with van der Waals surface area (Å²) in [6.45, 7) is 2.46. The largest absolute Gasteiger partial charge is 0.469 e. The second kappa shape index (κ2) is 7.43. The van der Waals surface area contributed by atoms with E-state index in [-0.39, 0.29) is 18.1 Å². The van der Waals surface area contributed by atoms with E-state index in [1.165, 1.54) is 44.6 Å². The average Bonchev–Trinajstić information content (AvgIpc) is 3.06. The Bertz CT molecular complexity index is 917. The molecule has 144 valence electrons. The molecule has 0 aliphatic rings. The summed E-state index contributed by atoms with van der Waals surface area (Å²) in [5.74, 6) is -0.665. The minimum atomic E-state index is -3.62. The summed E-state index contributed by atoms with van der Waals surface area (Å²) in [5, 5.41) is 7.12. The number of ether oxygens (including phenoxy) is 2. The molecule has 7 nitrogen and oxygen atoms in total. The van der Waals surface area contributed by atoms with Crippen LogP contribution in [0.5, 0.6) is 5.88 Å². The zero-order valence-electron chi connectivity index (χ0n) is 14.3. The summed E-state index contributed by atoms with van der Waals surface area (Å²) < 4.78 is 63.6. The number of aromatic nitrogens is 5. The zero-order chi connectivity index (χ0) is 19.6. The standard InChI is InChI=1S/C16H15F4N5O2/c1-3-26-16(19,20)15-24-23-12-7-21-11(8-25(12)15)10-4-5-13(22-6-10)27-9(2)14(17)18/h4-9,14H,3H2,1-2H3. The number of nitrogens with zero attached hydrogens (tertiary/aromatic N) is 5. The van der Waals surface area contributed by atoms with E-state index in [0.29, 0.717) is 11.3 Å². The zero-order valence-corrected chi connectivity index (χ0v) is 14.3. The summed E-state index contributed by atoms with van der Waals surface area (Å²) in [5.41, 5.74) is 0.886. The maximum absolute atomic E-state index is 14.0. The molecule has 0 saturated heterocycles. The fourth-order valence-corrected chi connectivity index (χ4v) is 2.24. The van der Waals surface area contributed by atoms with Gasteiger partial charge in [0, 0.05) is 24.0 Å². The van der Waals surface area contributed by atoms with Crippen LogP contribution in [0.1, 0.15) is 19.7 Å². The van der Waals surface area contributed by atoms with Crippen LogP contribution in [0.3, 0.4) is 0 Å². The van der Waals surface area contributed by atoms with E-state index in [1.54, 1.807) is 0 Å². The second-order valence-corrected chi connectivity index (χ2v) is 5.52. The Morgan fingerprint density at radius 2 is 1.93 bits per heavy atom. The fraction of sp³-hybridized carbons (Fsp3) is 0.375. The van der Waals surface area contributed by atoms with Crippen LogP contribution in [0, 0.1) is 0 Å². The normalized spacial score (nSPS) is 13.3. The number of rotatable bonds is 7. The van der Waals surface area contributed by atoms with Crippen LogP contribution >= 0.6 is 0 Å². The van der Waals surface area contributed by atoms with Gasteiger partial charge < -0.3 is 9.47 Å². The summed E-state index contributed by atoms with van der Waals surface area (Å²) in [4.78, 5) is 8.06. The van der Waals surface area contributed by atoms with Crippen molar-refractivity contribution < 1.29 is 27.0 Å². The first kappa shape index (κ1) is 19.0. The van der Waals surface area contributed by atoms with Gasteiger partial charge in [-0.05, 0) is 19.9 Å². The molecule has 0 N–H and O–H groups in total. The summed E-state index contributed by atoms with van der Waals surface area (Å²) >= 11 is 0. The van der Waals surface area contributed by atoms with E-state index < -0.39 is 24.5 Å². The molecule has 1 unspecified atom stereocenters. The smallest absolute Gasteiger partial charge is 0.418 e. The average molecular weight is 385 g/mol. The van der Waals surface area contributed by atoms with Crippen LogP contribution in [0.15, 0.2) is 30.7 Å². The van der Waals surface area contributed by atoms with E-state index in [2.05, 4.69) is 24.9 Å². The van der Waals surface area contributed by atoms with Gasteiger partial charge in [0.05, 0.1) is 18.5 Å². The van der Waals surface area contributed by atoms with E-state index in [4.69, 9.17) is 4.74 Å². The maximum Gasteiger partial charge on any atom is 0.418 e. The van der Waals surface area contributed by atoms with Crippen LogP contribution in [0.2, 0.25) is 0 Å². The molecule has 11 heteroatoms. The van der Waals surface area contributed by atoms with Crippen molar-refractivity contribution in [3.8, 4) is 17.1 Å². The molecule has 0 saturated carbocycles. The Balaban J connectivity index is 1.91. The molecule has 1 atom stereocenters. The maximum atomic E-state index is 14.0. The number of halogens is 4. The van der Waals surface area contributed by atoms with Crippen molar-refractivity contribution in [2.75, 3.05) is 6.61 Å². The molecule has 3 aromatic heterocycles. The highest BCUT2D eigenvalue weighted by atomic mass is 19.3. The fourth-order valence-electron chi connectivity index (χ4n) is 2.24. The van der Waals surface area contributed by atoms with Crippen LogP contribution in [-0.4, -0.2) is 43.7 Å². The second-order valence-electron chi connectivity index (χ2n) is 5.52. The molecule has 3 aromatic rings. The van der Waals surface area contributed by atoms with E-state index in [9.17, 15) is 17.6 Å². The van der Waals surface area contributed by atoms with E-state index in [0.717, 1.165) is 4.40 Å². The highest BCUT2D eigenvalue weighted by Crippen LogP contribution is 2.29. The van der Waals surface area contributed by atoms with Gasteiger partial charge >= 0.3 is 6.11 Å². The Hall–Kier alpha value is -2.82. The number of pyridine rings is 1. The van der Waals surface area contributed by atoms with Crippen LogP contribution < -0.4 is 4.74 Å². The van der Waals surface area contributed by atoms with Crippen LogP contribution in [-0.2, 0) is 10.8 Å². The van der Waals surface area contributed by atoms with Gasteiger partial charge in [-0.25, -0.2) is 13.8 Å². The van der Waals surface area contributed by atoms with Crippen molar-refractivity contribution in [3.05, 3.63) is 36.5 Å². The van der Waals surface area contributed by atoms with Gasteiger partial charge in [0.1, 0.15) is 0 Å². The molecule has 0 fully saturated rings. The molecule has 0 radical (unpaired) electrons. The molecule has 3 rings (SSSR count). The molecule has 0 bridgehead atoms. The minimum Gasteiger partial charge on any atom is -0.469 e. The van der Waals surface area contributed by atoms with Crippen molar-refractivity contribution in [1.29, 1.82) is 0 Å². The highest BCUT2D eigenvalue weighted by Gasteiger charge is 2.38. The lowest BCUT2D eigenvalue weighted by Crippen LogP contribution is -2.21. The van der Waals surface area contributed by atoms with Gasteiger partial charge in [0.15, 0.2) is 11.8 Å². The lowest BCUT2D eigenvalue weighted by atomic mass is 10.2. The Kier molecular flexibility index (Phi) is 5.22. The van der Waals surface area contributed by atoms with Gasteiger partial charge in [-0.2, -0.15) is 8.78 Å².